The lowest BCUT2D eigenvalue weighted by molar-refractivity contribution is 0.127. The van der Waals surface area contributed by atoms with Crippen LogP contribution in [-0.2, 0) is 13.0 Å². The van der Waals surface area contributed by atoms with Gasteiger partial charge in [0, 0.05) is 6.42 Å². The van der Waals surface area contributed by atoms with Gasteiger partial charge < -0.3 is 4.57 Å². The van der Waals surface area contributed by atoms with Crippen LogP contribution in [0.3, 0.4) is 0 Å². The van der Waals surface area contributed by atoms with Crippen LogP contribution in [-0.4, -0.2) is 16.0 Å². The van der Waals surface area contributed by atoms with E-state index in [1.165, 1.54) is 4.57 Å². The van der Waals surface area contributed by atoms with Gasteiger partial charge in [-0.3, -0.25) is 0 Å². The highest BCUT2D eigenvalue weighted by Crippen LogP contribution is 2.34. The lowest BCUT2D eigenvalue weighted by atomic mass is 10.2. The summed E-state index contributed by atoms with van der Waals surface area (Å²) in [4.78, 5) is 4.26. The second-order valence-electron chi connectivity index (χ2n) is 5.24. The minimum absolute atomic E-state index is 0.219. The molecular weight excluding hydrogens is 253 g/mol. The van der Waals surface area contributed by atoms with Crippen molar-refractivity contribution >= 4 is 11.0 Å². The Bertz CT molecular complexity index is 615. The molecule has 0 radical (unpaired) electrons. The summed E-state index contributed by atoms with van der Waals surface area (Å²) in [5.41, 5.74) is 1.18. The van der Waals surface area contributed by atoms with E-state index < -0.39 is 18.8 Å². The summed E-state index contributed by atoms with van der Waals surface area (Å²) in [6, 6.07) is 3.29. The molecule has 1 heterocycles. The monoisotopic (exact) mass is 268 g/mol. The van der Waals surface area contributed by atoms with Crippen molar-refractivity contribution < 1.29 is 13.2 Å². The smallest absolute Gasteiger partial charge is 0.256 e. The molecule has 1 fully saturated rings. The number of halogens is 3. The first-order valence-electron chi connectivity index (χ1n) is 6.48. The first-order valence-corrected chi connectivity index (χ1v) is 6.48. The molecule has 0 bridgehead atoms. The molecule has 5 heteroatoms. The fraction of sp³-hybridized carbons (Fsp3) is 0.500. The molecule has 1 saturated carbocycles. The summed E-state index contributed by atoms with van der Waals surface area (Å²) in [5.74, 6) is 0.710. The van der Waals surface area contributed by atoms with Crippen LogP contribution in [0, 0.1) is 18.7 Å². The highest BCUT2D eigenvalue weighted by Gasteiger charge is 2.26. The zero-order valence-electron chi connectivity index (χ0n) is 10.7. The Kier molecular flexibility index (Phi) is 2.99. The van der Waals surface area contributed by atoms with Gasteiger partial charge >= 0.3 is 0 Å². The number of benzene rings is 1. The van der Waals surface area contributed by atoms with Gasteiger partial charge in [0.15, 0.2) is 5.82 Å². The predicted molar refractivity (Wildman–Crippen MR) is 66.9 cm³/mol. The molecule has 1 aromatic carbocycles. The SMILES string of the molecule is Cc1ccc2c(nc(CC3CC3)n2CC(F)F)c1F. The van der Waals surface area contributed by atoms with Crippen molar-refractivity contribution in [3.05, 3.63) is 29.3 Å². The summed E-state index contributed by atoms with van der Waals surface area (Å²) in [6.07, 6.45) is 0.429. The van der Waals surface area contributed by atoms with Gasteiger partial charge in [0.25, 0.3) is 6.43 Å². The molecular formula is C14H15F3N2. The van der Waals surface area contributed by atoms with E-state index in [1.54, 1.807) is 19.1 Å². The minimum Gasteiger partial charge on any atom is -0.322 e. The number of fused-ring (bicyclic) bond motifs is 1. The van der Waals surface area contributed by atoms with Crippen LogP contribution in [0.1, 0.15) is 24.2 Å². The molecule has 1 aliphatic carbocycles. The lowest BCUT2D eigenvalue weighted by Crippen LogP contribution is -2.10. The summed E-state index contributed by atoms with van der Waals surface area (Å²) < 4.78 is 40.9. The summed E-state index contributed by atoms with van der Waals surface area (Å²) in [7, 11) is 0. The van der Waals surface area contributed by atoms with E-state index in [0.717, 1.165) is 12.8 Å². The topological polar surface area (TPSA) is 17.8 Å². The number of aromatic nitrogens is 2. The third kappa shape index (κ3) is 2.33. The van der Waals surface area contributed by atoms with Crippen LogP contribution in [0.25, 0.3) is 11.0 Å². The van der Waals surface area contributed by atoms with Crippen molar-refractivity contribution in [2.75, 3.05) is 0 Å². The third-order valence-electron chi connectivity index (χ3n) is 3.62. The van der Waals surface area contributed by atoms with E-state index in [9.17, 15) is 13.2 Å². The molecule has 2 aromatic rings. The second-order valence-corrected chi connectivity index (χ2v) is 5.24. The van der Waals surface area contributed by atoms with E-state index in [2.05, 4.69) is 4.98 Å². The van der Waals surface area contributed by atoms with Crippen molar-refractivity contribution in [1.82, 2.24) is 9.55 Å². The van der Waals surface area contributed by atoms with Crippen molar-refractivity contribution in [1.29, 1.82) is 0 Å². The highest BCUT2D eigenvalue weighted by atomic mass is 19.3. The van der Waals surface area contributed by atoms with Crippen molar-refractivity contribution in [2.45, 2.75) is 39.2 Å². The Morgan fingerprint density at radius 2 is 2.11 bits per heavy atom. The quantitative estimate of drug-likeness (QED) is 0.826. The molecule has 0 aliphatic heterocycles. The van der Waals surface area contributed by atoms with Gasteiger partial charge in [0.05, 0.1) is 12.1 Å². The maximum absolute atomic E-state index is 14.0. The van der Waals surface area contributed by atoms with E-state index in [1.807, 2.05) is 0 Å². The number of hydrogen-bond acceptors (Lipinski definition) is 1. The molecule has 19 heavy (non-hydrogen) atoms. The van der Waals surface area contributed by atoms with Crippen LogP contribution < -0.4 is 0 Å². The van der Waals surface area contributed by atoms with Crippen molar-refractivity contribution in [2.24, 2.45) is 5.92 Å². The number of rotatable bonds is 4. The zero-order valence-corrected chi connectivity index (χ0v) is 10.7. The number of imidazole rings is 1. The van der Waals surface area contributed by atoms with Gasteiger partial charge in [-0.2, -0.15) is 0 Å². The van der Waals surface area contributed by atoms with Crippen LogP contribution >= 0.6 is 0 Å². The zero-order chi connectivity index (χ0) is 13.6. The largest absolute Gasteiger partial charge is 0.322 e. The van der Waals surface area contributed by atoms with Gasteiger partial charge in [-0.25, -0.2) is 18.2 Å². The summed E-state index contributed by atoms with van der Waals surface area (Å²) in [6.45, 7) is 1.24. The Hall–Kier alpha value is -1.52. The van der Waals surface area contributed by atoms with Crippen LogP contribution in [0.4, 0.5) is 13.2 Å². The predicted octanol–water partition coefficient (Wildman–Crippen LogP) is 3.70. The van der Waals surface area contributed by atoms with Crippen molar-refractivity contribution in [3.63, 3.8) is 0 Å². The van der Waals surface area contributed by atoms with E-state index in [4.69, 9.17) is 0 Å². The molecule has 102 valence electrons. The number of alkyl halides is 2. The lowest BCUT2D eigenvalue weighted by Gasteiger charge is -2.08. The van der Waals surface area contributed by atoms with Crippen LogP contribution in [0.15, 0.2) is 12.1 Å². The first-order chi connectivity index (χ1) is 9.06. The maximum Gasteiger partial charge on any atom is 0.256 e. The Morgan fingerprint density at radius 3 is 2.74 bits per heavy atom. The minimum atomic E-state index is -2.46. The Morgan fingerprint density at radius 1 is 1.37 bits per heavy atom. The molecule has 3 rings (SSSR count). The van der Waals surface area contributed by atoms with Gasteiger partial charge in [-0.05, 0) is 37.3 Å². The average Bonchev–Trinajstić information content (AvgIpc) is 3.09. The Labute approximate surface area is 109 Å². The highest BCUT2D eigenvalue weighted by molar-refractivity contribution is 5.77. The molecule has 0 amide bonds. The van der Waals surface area contributed by atoms with Crippen LogP contribution in [0.5, 0.6) is 0 Å². The first kappa shape index (κ1) is 12.5. The van der Waals surface area contributed by atoms with E-state index >= 15 is 0 Å². The molecule has 0 unspecified atom stereocenters. The molecule has 0 atom stereocenters. The van der Waals surface area contributed by atoms with Gasteiger partial charge in [0.1, 0.15) is 11.3 Å². The van der Waals surface area contributed by atoms with E-state index in [0.29, 0.717) is 29.2 Å². The molecule has 0 spiro atoms. The fourth-order valence-electron chi connectivity index (χ4n) is 2.39. The maximum atomic E-state index is 14.0. The number of aryl methyl sites for hydroxylation is 1. The third-order valence-corrected chi connectivity index (χ3v) is 3.62. The standard InChI is InChI=1S/C14H15F3N2/c1-8-2-5-10-14(13(8)17)18-12(6-9-3-4-9)19(10)7-11(15)16/h2,5,9,11H,3-4,6-7H2,1H3. The Balaban J connectivity index is 2.13. The summed E-state index contributed by atoms with van der Waals surface area (Å²) in [5, 5.41) is 0. The van der Waals surface area contributed by atoms with Gasteiger partial charge in [-0.15, -0.1) is 0 Å². The summed E-state index contributed by atoms with van der Waals surface area (Å²) >= 11 is 0. The van der Waals surface area contributed by atoms with Gasteiger partial charge in [-0.1, -0.05) is 6.07 Å². The number of nitrogens with zero attached hydrogens (tertiary/aromatic N) is 2. The number of hydrogen-bond donors (Lipinski definition) is 0. The molecule has 1 aliphatic rings. The molecule has 0 saturated heterocycles. The molecule has 0 N–H and O–H groups in total. The molecule has 1 aromatic heterocycles. The average molecular weight is 268 g/mol. The van der Waals surface area contributed by atoms with Crippen LogP contribution in [0.2, 0.25) is 0 Å². The second kappa shape index (κ2) is 4.54. The normalized spacial score (nSPS) is 15.6. The molecule has 2 nitrogen and oxygen atoms in total. The van der Waals surface area contributed by atoms with Gasteiger partial charge in [0.2, 0.25) is 0 Å². The van der Waals surface area contributed by atoms with Crippen molar-refractivity contribution in [3.8, 4) is 0 Å². The van der Waals surface area contributed by atoms with E-state index in [-0.39, 0.29) is 5.52 Å². The fourth-order valence-corrected chi connectivity index (χ4v) is 2.39.